The third-order valence-corrected chi connectivity index (χ3v) is 3.90. The first-order valence-corrected chi connectivity index (χ1v) is 7.23. The number of nitrogens with one attached hydrogen (secondary N) is 1. The SMILES string of the molecule is Cn1ccc(NC(=O)CN2CCc3c(c(CO)nn3C)C2)n1. The highest BCUT2D eigenvalue weighted by molar-refractivity contribution is 5.91. The van der Waals surface area contributed by atoms with E-state index in [0.717, 1.165) is 24.2 Å². The number of nitrogens with zero attached hydrogens (tertiary/aromatic N) is 5. The van der Waals surface area contributed by atoms with Gasteiger partial charge in [-0.3, -0.25) is 19.1 Å². The number of carbonyl (C=O) groups is 1. The van der Waals surface area contributed by atoms with Crippen LogP contribution in [-0.4, -0.2) is 48.6 Å². The maximum absolute atomic E-state index is 12.1. The highest BCUT2D eigenvalue weighted by atomic mass is 16.3. The van der Waals surface area contributed by atoms with Crippen LogP contribution in [0.3, 0.4) is 0 Å². The molecule has 8 nitrogen and oxygen atoms in total. The van der Waals surface area contributed by atoms with Gasteiger partial charge >= 0.3 is 0 Å². The summed E-state index contributed by atoms with van der Waals surface area (Å²) in [5, 5.41) is 20.6. The van der Waals surface area contributed by atoms with Crippen LogP contribution >= 0.6 is 0 Å². The van der Waals surface area contributed by atoms with Gasteiger partial charge in [-0.25, -0.2) is 0 Å². The van der Waals surface area contributed by atoms with Crippen molar-refractivity contribution in [3.63, 3.8) is 0 Å². The minimum atomic E-state index is -0.0865. The van der Waals surface area contributed by atoms with Gasteiger partial charge in [-0.1, -0.05) is 0 Å². The Bertz CT molecular complexity index is 690. The van der Waals surface area contributed by atoms with E-state index in [4.69, 9.17) is 0 Å². The molecule has 2 N–H and O–H groups in total. The molecular formula is C14H20N6O2. The molecule has 0 unspecified atom stereocenters. The number of hydrogen-bond donors (Lipinski definition) is 2. The summed E-state index contributed by atoms with van der Waals surface area (Å²) in [6, 6.07) is 1.76. The van der Waals surface area contributed by atoms with Crippen LogP contribution < -0.4 is 5.32 Å². The quantitative estimate of drug-likeness (QED) is 0.805. The number of carbonyl (C=O) groups excluding carboxylic acids is 1. The first kappa shape index (κ1) is 14.7. The predicted molar refractivity (Wildman–Crippen MR) is 79.9 cm³/mol. The molecule has 3 rings (SSSR count). The fraction of sp³-hybridized carbons (Fsp3) is 0.500. The lowest BCUT2D eigenvalue weighted by Crippen LogP contribution is -2.37. The number of aliphatic hydroxyl groups excluding tert-OH is 1. The number of hydrogen-bond acceptors (Lipinski definition) is 5. The van der Waals surface area contributed by atoms with Crippen LogP contribution in [0.15, 0.2) is 12.3 Å². The van der Waals surface area contributed by atoms with Crippen molar-refractivity contribution in [2.24, 2.45) is 14.1 Å². The summed E-state index contributed by atoms with van der Waals surface area (Å²) in [6.45, 7) is 1.66. The fourth-order valence-corrected chi connectivity index (χ4v) is 2.85. The molecule has 0 saturated carbocycles. The number of fused-ring (bicyclic) bond motifs is 1. The Morgan fingerprint density at radius 3 is 2.91 bits per heavy atom. The Morgan fingerprint density at radius 1 is 1.41 bits per heavy atom. The Balaban J connectivity index is 1.63. The zero-order valence-electron chi connectivity index (χ0n) is 12.8. The highest BCUT2D eigenvalue weighted by Crippen LogP contribution is 2.22. The lowest BCUT2D eigenvalue weighted by atomic mass is 10.1. The minimum Gasteiger partial charge on any atom is -0.390 e. The van der Waals surface area contributed by atoms with Crippen molar-refractivity contribution in [2.75, 3.05) is 18.4 Å². The van der Waals surface area contributed by atoms with Gasteiger partial charge in [0.15, 0.2) is 5.82 Å². The van der Waals surface area contributed by atoms with Gasteiger partial charge in [0.2, 0.25) is 5.91 Å². The molecule has 2 aromatic heterocycles. The van der Waals surface area contributed by atoms with Gasteiger partial charge in [0.05, 0.1) is 18.8 Å². The third-order valence-electron chi connectivity index (χ3n) is 3.90. The molecule has 8 heteroatoms. The summed E-state index contributed by atoms with van der Waals surface area (Å²) in [5.74, 6) is 0.471. The van der Waals surface area contributed by atoms with Gasteiger partial charge < -0.3 is 10.4 Å². The van der Waals surface area contributed by atoms with Crippen molar-refractivity contribution in [3.8, 4) is 0 Å². The van der Waals surface area contributed by atoms with Gasteiger partial charge in [0, 0.05) is 57.1 Å². The van der Waals surface area contributed by atoms with E-state index in [9.17, 15) is 9.90 Å². The van der Waals surface area contributed by atoms with Gasteiger partial charge in [0.1, 0.15) is 0 Å². The molecule has 2 aromatic rings. The number of aryl methyl sites for hydroxylation is 2. The Labute approximate surface area is 128 Å². The van der Waals surface area contributed by atoms with Crippen molar-refractivity contribution in [2.45, 2.75) is 19.6 Å². The Hall–Kier alpha value is -2.19. The number of anilines is 1. The second-order valence-corrected chi connectivity index (χ2v) is 5.54. The molecule has 0 atom stereocenters. The third kappa shape index (κ3) is 2.88. The van der Waals surface area contributed by atoms with Crippen molar-refractivity contribution >= 4 is 11.7 Å². The average molecular weight is 304 g/mol. The molecule has 22 heavy (non-hydrogen) atoms. The second kappa shape index (κ2) is 5.90. The number of rotatable bonds is 4. The van der Waals surface area contributed by atoms with E-state index < -0.39 is 0 Å². The molecule has 0 bridgehead atoms. The maximum atomic E-state index is 12.1. The van der Waals surface area contributed by atoms with Gasteiger partial charge in [-0.2, -0.15) is 10.2 Å². The van der Waals surface area contributed by atoms with Crippen LogP contribution in [0.4, 0.5) is 5.82 Å². The van der Waals surface area contributed by atoms with E-state index in [1.165, 1.54) is 0 Å². The monoisotopic (exact) mass is 304 g/mol. The van der Waals surface area contributed by atoms with Crippen LogP contribution in [0.2, 0.25) is 0 Å². The zero-order valence-corrected chi connectivity index (χ0v) is 12.8. The summed E-state index contributed by atoms with van der Waals surface area (Å²) >= 11 is 0. The summed E-state index contributed by atoms with van der Waals surface area (Å²) in [7, 11) is 3.70. The van der Waals surface area contributed by atoms with Crippen LogP contribution in [0, 0.1) is 0 Å². The van der Waals surface area contributed by atoms with Crippen LogP contribution in [0.1, 0.15) is 17.0 Å². The van der Waals surface area contributed by atoms with E-state index in [1.807, 2.05) is 11.7 Å². The molecule has 1 amide bonds. The first-order valence-electron chi connectivity index (χ1n) is 7.23. The van der Waals surface area contributed by atoms with E-state index in [1.54, 1.807) is 24.0 Å². The van der Waals surface area contributed by atoms with Crippen LogP contribution in [0.25, 0.3) is 0 Å². The smallest absolute Gasteiger partial charge is 0.239 e. The molecule has 0 spiro atoms. The molecule has 0 aromatic carbocycles. The standard InChI is InChI=1S/C14H20N6O2/c1-18-5-4-13(17-18)15-14(22)8-20-6-3-12-10(7-20)11(9-21)16-19(12)2/h4-5,21H,3,6-9H2,1-2H3,(H,15,17,22). The van der Waals surface area contributed by atoms with Gasteiger partial charge in [-0.15, -0.1) is 0 Å². The molecular weight excluding hydrogens is 284 g/mol. The number of aromatic nitrogens is 4. The second-order valence-electron chi connectivity index (χ2n) is 5.54. The molecule has 0 fully saturated rings. The lowest BCUT2D eigenvalue weighted by molar-refractivity contribution is -0.117. The molecule has 0 aliphatic carbocycles. The van der Waals surface area contributed by atoms with E-state index >= 15 is 0 Å². The lowest BCUT2D eigenvalue weighted by Gasteiger charge is -2.26. The number of aliphatic hydroxyl groups is 1. The minimum absolute atomic E-state index is 0.0723. The molecule has 1 aliphatic rings. The predicted octanol–water partition coefficient (Wildman–Crippen LogP) is -0.357. The molecule has 1 aliphatic heterocycles. The average Bonchev–Trinajstić information content (AvgIpc) is 3.02. The topological polar surface area (TPSA) is 88.2 Å². The van der Waals surface area contributed by atoms with Crippen molar-refractivity contribution in [1.82, 2.24) is 24.5 Å². The van der Waals surface area contributed by atoms with Gasteiger partial charge in [-0.05, 0) is 0 Å². The molecule has 0 radical (unpaired) electrons. The summed E-state index contributed by atoms with van der Waals surface area (Å²) in [4.78, 5) is 14.1. The van der Waals surface area contributed by atoms with Crippen molar-refractivity contribution < 1.29 is 9.90 Å². The highest BCUT2D eigenvalue weighted by Gasteiger charge is 2.24. The Morgan fingerprint density at radius 2 is 2.23 bits per heavy atom. The van der Waals surface area contributed by atoms with Crippen molar-refractivity contribution in [1.29, 1.82) is 0 Å². The molecule has 118 valence electrons. The molecule has 0 saturated heterocycles. The van der Waals surface area contributed by atoms with Crippen molar-refractivity contribution in [3.05, 3.63) is 29.2 Å². The number of amides is 1. The molecule has 3 heterocycles. The maximum Gasteiger partial charge on any atom is 0.239 e. The van der Waals surface area contributed by atoms with Crippen LogP contribution in [0.5, 0.6) is 0 Å². The first-order chi connectivity index (χ1) is 10.6. The normalized spacial score (nSPS) is 14.9. The summed E-state index contributed by atoms with van der Waals surface area (Å²) < 4.78 is 3.47. The Kier molecular flexibility index (Phi) is 3.95. The van der Waals surface area contributed by atoms with Gasteiger partial charge in [0.25, 0.3) is 0 Å². The zero-order chi connectivity index (χ0) is 15.7. The van der Waals surface area contributed by atoms with E-state index in [0.29, 0.717) is 24.6 Å². The fourth-order valence-electron chi connectivity index (χ4n) is 2.85. The van der Waals surface area contributed by atoms with E-state index in [-0.39, 0.29) is 12.5 Å². The largest absolute Gasteiger partial charge is 0.390 e. The van der Waals surface area contributed by atoms with E-state index in [2.05, 4.69) is 20.4 Å². The summed E-state index contributed by atoms with van der Waals surface area (Å²) in [6.07, 6.45) is 2.61. The van der Waals surface area contributed by atoms with Crippen LogP contribution in [-0.2, 0) is 38.5 Å². The summed E-state index contributed by atoms with van der Waals surface area (Å²) in [5.41, 5.74) is 2.89.